The highest BCUT2D eigenvalue weighted by Crippen LogP contribution is 2.23. The minimum absolute atomic E-state index is 0.241. The fourth-order valence-corrected chi connectivity index (χ4v) is 2.16. The lowest BCUT2D eigenvalue weighted by Gasteiger charge is -2.18. The number of Topliss-reactive ketones (excluding diaryl/α,β-unsaturated/α-hetero) is 1. The molecule has 0 saturated heterocycles. The molecular weight excluding hydrogens is 176 g/mol. The molecule has 0 aromatic carbocycles. The Morgan fingerprint density at radius 2 is 2.07 bits per heavy atom. The molecule has 2 nitrogen and oxygen atoms in total. The zero-order chi connectivity index (χ0) is 10.4. The summed E-state index contributed by atoms with van der Waals surface area (Å²) in [7, 11) is 0. The number of aliphatic hydroxyl groups excluding tert-OH is 1. The van der Waals surface area contributed by atoms with E-state index < -0.39 is 0 Å². The largest absolute Gasteiger partial charge is 0.393 e. The van der Waals surface area contributed by atoms with Gasteiger partial charge in [-0.25, -0.2) is 0 Å². The number of hydrogen-bond donors (Lipinski definition) is 1. The molecule has 0 aliphatic heterocycles. The number of ketones is 1. The second kappa shape index (κ2) is 6.18. The number of carbonyl (C=O) groups excluding carboxylic acids is 1. The van der Waals surface area contributed by atoms with E-state index in [-0.39, 0.29) is 12.0 Å². The Balaban J connectivity index is 2.33. The maximum absolute atomic E-state index is 11.7. The van der Waals surface area contributed by atoms with Crippen molar-refractivity contribution < 1.29 is 9.90 Å². The monoisotopic (exact) mass is 198 g/mol. The number of aliphatic hydroxyl groups is 1. The fourth-order valence-electron chi connectivity index (χ4n) is 2.16. The van der Waals surface area contributed by atoms with Gasteiger partial charge in [-0.05, 0) is 32.6 Å². The third kappa shape index (κ3) is 4.23. The zero-order valence-electron chi connectivity index (χ0n) is 9.17. The molecule has 0 spiro atoms. The number of rotatable bonds is 3. The summed E-state index contributed by atoms with van der Waals surface area (Å²) < 4.78 is 0. The minimum atomic E-state index is -0.256. The third-order valence-corrected chi connectivity index (χ3v) is 3.11. The molecule has 0 amide bonds. The van der Waals surface area contributed by atoms with Gasteiger partial charge in [0.1, 0.15) is 5.78 Å². The van der Waals surface area contributed by atoms with Crippen molar-refractivity contribution in [2.24, 2.45) is 5.92 Å². The molecule has 1 aliphatic rings. The predicted octanol–water partition coefficient (Wildman–Crippen LogP) is 2.69. The Morgan fingerprint density at radius 3 is 2.79 bits per heavy atom. The highest BCUT2D eigenvalue weighted by Gasteiger charge is 2.19. The Labute approximate surface area is 86.7 Å². The Hall–Kier alpha value is -0.370. The fraction of sp³-hybridized carbons (Fsp3) is 0.917. The van der Waals surface area contributed by atoms with E-state index >= 15 is 0 Å². The van der Waals surface area contributed by atoms with E-state index in [0.717, 1.165) is 32.1 Å². The number of hydrogen-bond acceptors (Lipinski definition) is 2. The normalized spacial score (nSPS) is 26.7. The summed E-state index contributed by atoms with van der Waals surface area (Å²) in [6, 6.07) is 0. The lowest BCUT2D eigenvalue weighted by Crippen LogP contribution is -2.18. The quantitative estimate of drug-likeness (QED) is 0.757. The molecule has 1 fully saturated rings. The van der Waals surface area contributed by atoms with Crippen LogP contribution in [-0.2, 0) is 4.79 Å². The maximum Gasteiger partial charge on any atom is 0.135 e. The van der Waals surface area contributed by atoms with Gasteiger partial charge in [-0.3, -0.25) is 4.79 Å². The molecule has 0 heterocycles. The van der Waals surface area contributed by atoms with Crippen molar-refractivity contribution in [1.29, 1.82) is 0 Å². The summed E-state index contributed by atoms with van der Waals surface area (Å²) in [6.07, 6.45) is 7.98. The topological polar surface area (TPSA) is 37.3 Å². The molecule has 14 heavy (non-hydrogen) atoms. The van der Waals surface area contributed by atoms with Gasteiger partial charge in [0.05, 0.1) is 6.10 Å². The van der Waals surface area contributed by atoms with Crippen LogP contribution in [0.25, 0.3) is 0 Å². The second-order valence-electron chi connectivity index (χ2n) is 4.54. The first-order valence-electron chi connectivity index (χ1n) is 5.91. The third-order valence-electron chi connectivity index (χ3n) is 3.11. The molecule has 0 aromatic heterocycles. The van der Waals surface area contributed by atoms with Crippen molar-refractivity contribution >= 4 is 5.78 Å². The Kier molecular flexibility index (Phi) is 5.16. The zero-order valence-corrected chi connectivity index (χ0v) is 9.17. The molecule has 1 N–H and O–H groups in total. The van der Waals surface area contributed by atoms with Crippen molar-refractivity contribution in [2.75, 3.05) is 0 Å². The molecule has 1 saturated carbocycles. The first kappa shape index (κ1) is 11.7. The van der Waals surface area contributed by atoms with E-state index in [1.54, 1.807) is 6.92 Å². The van der Waals surface area contributed by atoms with Crippen molar-refractivity contribution in [3.8, 4) is 0 Å². The summed E-state index contributed by atoms with van der Waals surface area (Å²) in [5.74, 6) is 0.676. The van der Waals surface area contributed by atoms with E-state index in [1.165, 1.54) is 19.3 Å². The van der Waals surface area contributed by atoms with Crippen molar-refractivity contribution in [3.63, 3.8) is 0 Å². The molecule has 82 valence electrons. The summed E-state index contributed by atoms with van der Waals surface area (Å²) in [5, 5.41) is 9.18. The van der Waals surface area contributed by atoms with Gasteiger partial charge in [0.2, 0.25) is 0 Å². The molecule has 1 aliphatic carbocycles. The maximum atomic E-state index is 11.7. The van der Waals surface area contributed by atoms with Crippen LogP contribution in [0.2, 0.25) is 0 Å². The summed E-state index contributed by atoms with van der Waals surface area (Å²) in [6.45, 7) is 1.80. The smallest absolute Gasteiger partial charge is 0.135 e. The Morgan fingerprint density at radius 1 is 1.36 bits per heavy atom. The van der Waals surface area contributed by atoms with E-state index in [9.17, 15) is 9.90 Å². The van der Waals surface area contributed by atoms with Gasteiger partial charge in [0.15, 0.2) is 0 Å². The summed E-state index contributed by atoms with van der Waals surface area (Å²) in [4.78, 5) is 11.7. The van der Waals surface area contributed by atoms with Crippen LogP contribution >= 0.6 is 0 Å². The lowest BCUT2D eigenvalue weighted by atomic mass is 9.86. The van der Waals surface area contributed by atoms with Crippen LogP contribution in [0.1, 0.15) is 58.3 Å². The second-order valence-corrected chi connectivity index (χ2v) is 4.54. The standard InChI is InChI=1S/C12H22O2/c1-10(13)8-9-11-6-4-2-3-5-7-12(11)14/h10-11,13H,2-9H2,1H3. The van der Waals surface area contributed by atoms with Gasteiger partial charge in [0, 0.05) is 12.3 Å². The van der Waals surface area contributed by atoms with E-state index in [4.69, 9.17) is 0 Å². The molecule has 0 radical (unpaired) electrons. The van der Waals surface area contributed by atoms with Gasteiger partial charge in [-0.15, -0.1) is 0 Å². The van der Waals surface area contributed by atoms with Gasteiger partial charge in [0.25, 0.3) is 0 Å². The predicted molar refractivity (Wildman–Crippen MR) is 57.1 cm³/mol. The highest BCUT2D eigenvalue weighted by atomic mass is 16.3. The average Bonchev–Trinajstić information content (AvgIpc) is 2.10. The van der Waals surface area contributed by atoms with Gasteiger partial charge in [-0.2, -0.15) is 0 Å². The van der Waals surface area contributed by atoms with Crippen LogP contribution in [-0.4, -0.2) is 17.0 Å². The first-order valence-corrected chi connectivity index (χ1v) is 5.91. The average molecular weight is 198 g/mol. The van der Waals surface area contributed by atoms with Crippen LogP contribution < -0.4 is 0 Å². The van der Waals surface area contributed by atoms with Crippen molar-refractivity contribution in [3.05, 3.63) is 0 Å². The van der Waals surface area contributed by atoms with Gasteiger partial charge < -0.3 is 5.11 Å². The highest BCUT2D eigenvalue weighted by molar-refractivity contribution is 5.80. The molecule has 2 heteroatoms. The minimum Gasteiger partial charge on any atom is -0.393 e. The van der Waals surface area contributed by atoms with Gasteiger partial charge in [-0.1, -0.05) is 19.3 Å². The van der Waals surface area contributed by atoms with Gasteiger partial charge >= 0.3 is 0 Å². The SMILES string of the molecule is CC(O)CCC1CCCCCCC1=O. The van der Waals surface area contributed by atoms with Crippen LogP contribution in [0.4, 0.5) is 0 Å². The Bertz CT molecular complexity index is 175. The molecule has 0 aromatic rings. The van der Waals surface area contributed by atoms with Crippen LogP contribution in [0.5, 0.6) is 0 Å². The van der Waals surface area contributed by atoms with Crippen LogP contribution in [0.3, 0.4) is 0 Å². The van der Waals surface area contributed by atoms with Crippen molar-refractivity contribution in [2.45, 2.75) is 64.4 Å². The first-order chi connectivity index (χ1) is 6.70. The van der Waals surface area contributed by atoms with Crippen LogP contribution in [0.15, 0.2) is 0 Å². The molecular formula is C12H22O2. The lowest BCUT2D eigenvalue weighted by molar-refractivity contribution is -0.123. The van der Waals surface area contributed by atoms with Crippen LogP contribution in [0, 0.1) is 5.92 Å². The summed E-state index contributed by atoms with van der Waals surface area (Å²) in [5.41, 5.74) is 0. The summed E-state index contributed by atoms with van der Waals surface area (Å²) >= 11 is 0. The molecule has 1 rings (SSSR count). The van der Waals surface area contributed by atoms with E-state index in [1.807, 2.05) is 0 Å². The molecule has 2 unspecified atom stereocenters. The van der Waals surface area contributed by atoms with E-state index in [2.05, 4.69) is 0 Å². The molecule has 0 bridgehead atoms. The van der Waals surface area contributed by atoms with E-state index in [0.29, 0.717) is 5.78 Å². The number of carbonyl (C=O) groups is 1. The van der Waals surface area contributed by atoms with Crippen molar-refractivity contribution in [1.82, 2.24) is 0 Å². The molecule has 2 atom stereocenters.